The second-order valence-corrected chi connectivity index (χ2v) is 6.37. The van der Waals surface area contributed by atoms with Crippen LogP contribution in [0.25, 0.3) is 23.0 Å². The number of hydrogen-bond donors (Lipinski definition) is 1. The normalized spacial score (nSPS) is 10.9. The van der Waals surface area contributed by atoms with E-state index in [1.165, 1.54) is 0 Å². The van der Waals surface area contributed by atoms with Crippen molar-refractivity contribution in [3.63, 3.8) is 0 Å². The number of likely N-dealkylation sites (N-methyl/N-ethyl adjacent to an activating group) is 1. The van der Waals surface area contributed by atoms with Gasteiger partial charge in [0, 0.05) is 23.9 Å². The van der Waals surface area contributed by atoms with Crippen LogP contribution in [0.15, 0.2) is 79.0 Å². The van der Waals surface area contributed by atoms with Crippen LogP contribution in [0.5, 0.6) is 5.75 Å². The second-order valence-electron chi connectivity index (χ2n) is 6.37. The lowest BCUT2D eigenvalue weighted by atomic mass is 10.1. The van der Waals surface area contributed by atoms with Crippen molar-refractivity contribution in [1.82, 2.24) is 15.1 Å². The van der Waals surface area contributed by atoms with Crippen LogP contribution in [0.1, 0.15) is 12.5 Å². The lowest BCUT2D eigenvalue weighted by Crippen LogP contribution is -2.23. The molecule has 3 aromatic rings. The zero-order valence-electron chi connectivity index (χ0n) is 16.7. The SMILES string of the molecule is C=CCOc1ccc(-c2nn(-c3ccccc3)cc2/C=C(\C#N)C(=O)NCC)cc1. The molecule has 1 heterocycles. The molecule has 0 spiro atoms. The summed E-state index contributed by atoms with van der Waals surface area (Å²) in [5.74, 6) is 0.310. The smallest absolute Gasteiger partial charge is 0.261 e. The molecular weight excluding hydrogens is 376 g/mol. The Balaban J connectivity index is 2.06. The molecule has 30 heavy (non-hydrogen) atoms. The Morgan fingerprint density at radius 2 is 1.97 bits per heavy atom. The van der Waals surface area contributed by atoms with Crippen LogP contribution >= 0.6 is 0 Å². The number of nitriles is 1. The monoisotopic (exact) mass is 398 g/mol. The molecule has 150 valence electrons. The number of nitrogens with zero attached hydrogens (tertiary/aromatic N) is 3. The molecule has 0 aliphatic rings. The molecule has 6 heteroatoms. The van der Waals surface area contributed by atoms with Gasteiger partial charge in [0.15, 0.2) is 0 Å². The molecule has 1 N–H and O–H groups in total. The summed E-state index contributed by atoms with van der Waals surface area (Å²) in [7, 11) is 0. The van der Waals surface area contributed by atoms with Gasteiger partial charge in [0.25, 0.3) is 5.91 Å². The molecule has 0 unspecified atom stereocenters. The van der Waals surface area contributed by atoms with Crippen molar-refractivity contribution in [3.05, 3.63) is 84.6 Å². The van der Waals surface area contributed by atoms with E-state index < -0.39 is 5.91 Å². The topological polar surface area (TPSA) is 79.9 Å². The molecule has 3 rings (SSSR count). The quantitative estimate of drug-likeness (QED) is 0.351. The van der Waals surface area contributed by atoms with Gasteiger partial charge in [-0.1, -0.05) is 30.9 Å². The molecule has 2 aromatic carbocycles. The second kappa shape index (κ2) is 9.89. The molecule has 0 fully saturated rings. The van der Waals surface area contributed by atoms with Crippen LogP contribution in [-0.2, 0) is 4.79 Å². The number of amides is 1. The average molecular weight is 398 g/mol. The third-order valence-corrected chi connectivity index (χ3v) is 4.26. The van der Waals surface area contributed by atoms with Crippen LogP contribution < -0.4 is 10.1 Å². The maximum atomic E-state index is 12.2. The van der Waals surface area contributed by atoms with Gasteiger partial charge in [-0.3, -0.25) is 4.79 Å². The van der Waals surface area contributed by atoms with Gasteiger partial charge in [0.1, 0.15) is 24.0 Å². The molecule has 0 radical (unpaired) electrons. The molecule has 1 aromatic heterocycles. The summed E-state index contributed by atoms with van der Waals surface area (Å²) in [5.41, 5.74) is 3.07. The molecule has 0 aliphatic heterocycles. The van der Waals surface area contributed by atoms with Gasteiger partial charge in [-0.15, -0.1) is 0 Å². The summed E-state index contributed by atoms with van der Waals surface area (Å²) in [6, 6.07) is 19.1. The number of benzene rings is 2. The largest absolute Gasteiger partial charge is 0.490 e. The maximum Gasteiger partial charge on any atom is 0.261 e. The van der Waals surface area contributed by atoms with E-state index in [0.717, 1.165) is 17.0 Å². The lowest BCUT2D eigenvalue weighted by Gasteiger charge is -2.05. The van der Waals surface area contributed by atoms with Gasteiger partial charge in [-0.05, 0) is 49.4 Å². The third kappa shape index (κ3) is 4.83. The summed E-state index contributed by atoms with van der Waals surface area (Å²) in [6.07, 6.45) is 5.06. The molecule has 1 amide bonds. The number of hydrogen-bond acceptors (Lipinski definition) is 4. The van der Waals surface area contributed by atoms with Crippen molar-refractivity contribution in [2.45, 2.75) is 6.92 Å². The maximum absolute atomic E-state index is 12.2. The number of aromatic nitrogens is 2. The minimum Gasteiger partial charge on any atom is -0.490 e. The Morgan fingerprint density at radius 1 is 1.23 bits per heavy atom. The Hall–Kier alpha value is -4.11. The fourth-order valence-corrected chi connectivity index (χ4v) is 2.85. The van der Waals surface area contributed by atoms with Crippen LogP contribution in [0.2, 0.25) is 0 Å². The number of carbonyl (C=O) groups is 1. The number of rotatable bonds is 8. The fourth-order valence-electron chi connectivity index (χ4n) is 2.85. The molecule has 6 nitrogen and oxygen atoms in total. The van der Waals surface area contributed by atoms with Gasteiger partial charge >= 0.3 is 0 Å². The number of carbonyl (C=O) groups excluding carboxylic acids is 1. The Morgan fingerprint density at radius 3 is 2.60 bits per heavy atom. The van der Waals surface area contributed by atoms with Gasteiger partial charge in [0.05, 0.1) is 11.4 Å². The van der Waals surface area contributed by atoms with E-state index in [4.69, 9.17) is 9.84 Å². The Bertz CT molecular complexity index is 1090. The predicted molar refractivity (Wildman–Crippen MR) is 117 cm³/mol. The molecule has 0 saturated heterocycles. The van der Waals surface area contributed by atoms with Crippen LogP contribution in [0, 0.1) is 11.3 Å². The summed E-state index contributed by atoms with van der Waals surface area (Å²) in [5, 5.41) is 16.8. The third-order valence-electron chi connectivity index (χ3n) is 4.26. The van der Waals surface area contributed by atoms with Crippen LogP contribution in [-0.4, -0.2) is 28.8 Å². The van der Waals surface area contributed by atoms with Gasteiger partial charge < -0.3 is 10.1 Å². The predicted octanol–water partition coefficient (Wildman–Crippen LogP) is 4.15. The highest BCUT2D eigenvalue weighted by Gasteiger charge is 2.15. The Kier molecular flexibility index (Phi) is 6.80. The van der Waals surface area contributed by atoms with Crippen molar-refractivity contribution < 1.29 is 9.53 Å². The number of nitrogens with one attached hydrogen (secondary N) is 1. The van der Waals surface area contributed by atoms with E-state index >= 15 is 0 Å². The molecule has 0 aliphatic carbocycles. The highest BCUT2D eigenvalue weighted by atomic mass is 16.5. The average Bonchev–Trinajstić information content (AvgIpc) is 3.21. The van der Waals surface area contributed by atoms with Crippen LogP contribution in [0.4, 0.5) is 0 Å². The first-order chi connectivity index (χ1) is 14.7. The highest BCUT2D eigenvalue weighted by Crippen LogP contribution is 2.27. The van der Waals surface area contributed by atoms with Crippen molar-refractivity contribution in [2.75, 3.05) is 13.2 Å². The van der Waals surface area contributed by atoms with E-state index in [9.17, 15) is 10.1 Å². The van der Waals surface area contributed by atoms with Crippen molar-refractivity contribution in [1.29, 1.82) is 5.26 Å². The van der Waals surface area contributed by atoms with E-state index in [0.29, 0.717) is 24.4 Å². The molecular formula is C24H22N4O2. The number of para-hydroxylation sites is 1. The van der Waals surface area contributed by atoms with Gasteiger partial charge in [-0.25, -0.2) is 4.68 Å². The summed E-state index contributed by atoms with van der Waals surface area (Å²) < 4.78 is 7.27. The van der Waals surface area contributed by atoms with E-state index in [2.05, 4.69) is 11.9 Å². The van der Waals surface area contributed by atoms with E-state index in [-0.39, 0.29) is 5.57 Å². The van der Waals surface area contributed by atoms with Gasteiger partial charge in [-0.2, -0.15) is 10.4 Å². The molecule has 0 bridgehead atoms. The molecule has 0 atom stereocenters. The summed E-state index contributed by atoms with van der Waals surface area (Å²) >= 11 is 0. The lowest BCUT2D eigenvalue weighted by molar-refractivity contribution is -0.116. The summed E-state index contributed by atoms with van der Waals surface area (Å²) in [6.45, 7) is 6.32. The van der Waals surface area contributed by atoms with Crippen LogP contribution in [0.3, 0.4) is 0 Å². The van der Waals surface area contributed by atoms with Gasteiger partial charge in [0.2, 0.25) is 0 Å². The first kappa shape index (κ1) is 20.6. The van der Waals surface area contributed by atoms with Crippen molar-refractivity contribution in [3.8, 4) is 28.8 Å². The first-order valence-corrected chi connectivity index (χ1v) is 9.55. The molecule has 0 saturated carbocycles. The first-order valence-electron chi connectivity index (χ1n) is 9.55. The van der Waals surface area contributed by atoms with Crippen molar-refractivity contribution >= 4 is 12.0 Å². The number of ether oxygens (including phenoxy) is 1. The van der Waals surface area contributed by atoms with E-state index in [1.54, 1.807) is 16.8 Å². The minimum absolute atomic E-state index is 0.0247. The van der Waals surface area contributed by atoms with E-state index in [1.807, 2.05) is 73.8 Å². The Labute approximate surface area is 175 Å². The van der Waals surface area contributed by atoms with Crippen molar-refractivity contribution in [2.24, 2.45) is 0 Å². The standard InChI is InChI=1S/C24H22N4O2/c1-3-14-30-22-12-10-18(11-13-22)23-20(15-19(16-25)24(29)26-4-2)17-28(27-23)21-8-6-5-7-9-21/h3,5-13,15,17H,1,4,14H2,2H3,(H,26,29)/b19-15+. The highest BCUT2D eigenvalue weighted by molar-refractivity contribution is 6.02. The minimum atomic E-state index is -0.411. The fraction of sp³-hybridized carbons (Fsp3) is 0.125. The zero-order valence-corrected chi connectivity index (χ0v) is 16.7. The summed E-state index contributed by atoms with van der Waals surface area (Å²) in [4.78, 5) is 12.2. The zero-order chi connectivity index (χ0) is 21.3.